The molecular weight excluding hydrogens is 152 g/mol. The molecule has 0 aliphatic carbocycles. The van der Waals surface area contributed by atoms with Gasteiger partial charge in [0.05, 0.1) is 6.61 Å². The molecule has 0 radical (unpaired) electrons. The molecule has 3 nitrogen and oxygen atoms in total. The van der Waals surface area contributed by atoms with Crippen molar-refractivity contribution in [3.63, 3.8) is 0 Å². The van der Waals surface area contributed by atoms with Crippen molar-refractivity contribution < 1.29 is 5.11 Å². The molecule has 3 heteroatoms. The Labute approximate surface area is 72.0 Å². The zero-order valence-corrected chi connectivity index (χ0v) is 6.90. The molecule has 0 saturated heterocycles. The minimum atomic E-state index is 0.0330. The van der Waals surface area contributed by atoms with E-state index in [1.807, 2.05) is 24.3 Å². The fraction of sp³-hybridized carbons (Fsp3) is 0.333. The van der Waals surface area contributed by atoms with E-state index in [-0.39, 0.29) is 12.5 Å². The third-order valence-electron chi connectivity index (χ3n) is 1.91. The molecule has 0 aliphatic rings. The summed E-state index contributed by atoms with van der Waals surface area (Å²) in [6, 6.07) is 7.41. The first-order chi connectivity index (χ1) is 5.77. The lowest BCUT2D eigenvalue weighted by Crippen LogP contribution is -2.15. The van der Waals surface area contributed by atoms with Crippen LogP contribution in [0.1, 0.15) is 11.5 Å². The van der Waals surface area contributed by atoms with Crippen LogP contribution >= 0.6 is 0 Å². The Morgan fingerprint density at radius 1 is 1.25 bits per heavy atom. The number of rotatable bonds is 3. The van der Waals surface area contributed by atoms with Crippen molar-refractivity contribution in [1.29, 1.82) is 0 Å². The van der Waals surface area contributed by atoms with Crippen LogP contribution in [-0.4, -0.2) is 18.3 Å². The van der Waals surface area contributed by atoms with Crippen molar-refractivity contribution in [3.05, 3.63) is 29.8 Å². The third-order valence-corrected chi connectivity index (χ3v) is 1.91. The number of anilines is 1. The molecule has 1 aromatic rings. The van der Waals surface area contributed by atoms with Crippen LogP contribution in [-0.2, 0) is 0 Å². The molecule has 0 heterocycles. The zero-order valence-electron chi connectivity index (χ0n) is 6.90. The monoisotopic (exact) mass is 166 g/mol. The van der Waals surface area contributed by atoms with Crippen molar-refractivity contribution in [3.8, 4) is 0 Å². The highest BCUT2D eigenvalue weighted by Crippen LogP contribution is 2.15. The molecular formula is C9H14N2O. The fourth-order valence-electron chi connectivity index (χ4n) is 1.08. The van der Waals surface area contributed by atoms with Crippen LogP contribution in [0.25, 0.3) is 0 Å². The van der Waals surface area contributed by atoms with Gasteiger partial charge in [-0.2, -0.15) is 0 Å². The molecule has 1 aromatic carbocycles. The first kappa shape index (κ1) is 9.03. The second-order valence-corrected chi connectivity index (χ2v) is 2.78. The SMILES string of the molecule is NCC(CO)c1ccc(N)cc1. The molecule has 12 heavy (non-hydrogen) atoms. The molecule has 1 rings (SSSR count). The summed E-state index contributed by atoms with van der Waals surface area (Å²) < 4.78 is 0. The standard InChI is InChI=1S/C9H14N2O/c10-5-8(6-12)7-1-3-9(11)4-2-7/h1-4,8,12H,5-6,10-11H2. The molecule has 5 N–H and O–H groups in total. The summed E-state index contributed by atoms with van der Waals surface area (Å²) in [6.07, 6.45) is 0. The highest BCUT2D eigenvalue weighted by atomic mass is 16.3. The maximum absolute atomic E-state index is 8.94. The molecule has 0 aromatic heterocycles. The number of aliphatic hydroxyl groups excluding tert-OH is 1. The van der Waals surface area contributed by atoms with Crippen LogP contribution in [0, 0.1) is 0 Å². The summed E-state index contributed by atoms with van der Waals surface area (Å²) >= 11 is 0. The Morgan fingerprint density at radius 3 is 2.25 bits per heavy atom. The number of aliphatic hydroxyl groups is 1. The van der Waals surface area contributed by atoms with Gasteiger partial charge < -0.3 is 16.6 Å². The van der Waals surface area contributed by atoms with Gasteiger partial charge in [0.15, 0.2) is 0 Å². The summed E-state index contributed by atoms with van der Waals surface area (Å²) in [5.41, 5.74) is 12.7. The molecule has 66 valence electrons. The summed E-state index contributed by atoms with van der Waals surface area (Å²) in [4.78, 5) is 0. The molecule has 1 atom stereocenters. The van der Waals surface area contributed by atoms with Gasteiger partial charge in [0, 0.05) is 18.2 Å². The fourth-order valence-corrected chi connectivity index (χ4v) is 1.08. The van der Waals surface area contributed by atoms with Crippen LogP contribution in [0.3, 0.4) is 0 Å². The highest BCUT2D eigenvalue weighted by Gasteiger charge is 2.06. The van der Waals surface area contributed by atoms with E-state index < -0.39 is 0 Å². The Bertz CT molecular complexity index is 229. The molecule has 0 fully saturated rings. The normalized spacial score (nSPS) is 12.8. The van der Waals surface area contributed by atoms with Gasteiger partial charge in [0.25, 0.3) is 0 Å². The van der Waals surface area contributed by atoms with E-state index in [0.717, 1.165) is 11.3 Å². The van der Waals surface area contributed by atoms with E-state index in [1.165, 1.54) is 0 Å². The van der Waals surface area contributed by atoms with E-state index in [2.05, 4.69) is 0 Å². The molecule has 0 saturated carbocycles. The van der Waals surface area contributed by atoms with Crippen LogP contribution in [0.4, 0.5) is 5.69 Å². The lowest BCUT2D eigenvalue weighted by molar-refractivity contribution is 0.268. The van der Waals surface area contributed by atoms with E-state index in [1.54, 1.807) is 0 Å². The van der Waals surface area contributed by atoms with Crippen molar-refractivity contribution >= 4 is 5.69 Å². The first-order valence-corrected chi connectivity index (χ1v) is 3.94. The quantitative estimate of drug-likeness (QED) is 0.566. The maximum atomic E-state index is 8.94. The van der Waals surface area contributed by atoms with E-state index in [0.29, 0.717) is 6.54 Å². The van der Waals surface area contributed by atoms with E-state index in [4.69, 9.17) is 16.6 Å². The average Bonchev–Trinajstić information content (AvgIpc) is 2.10. The minimum absolute atomic E-state index is 0.0330. The number of nitrogens with two attached hydrogens (primary N) is 2. The van der Waals surface area contributed by atoms with Gasteiger partial charge in [-0.1, -0.05) is 12.1 Å². The van der Waals surface area contributed by atoms with Gasteiger partial charge in [0.2, 0.25) is 0 Å². The maximum Gasteiger partial charge on any atom is 0.0511 e. The summed E-state index contributed by atoms with van der Waals surface area (Å²) in [6.45, 7) is 0.542. The third kappa shape index (κ3) is 1.96. The largest absolute Gasteiger partial charge is 0.399 e. The highest BCUT2D eigenvalue weighted by molar-refractivity contribution is 5.40. The average molecular weight is 166 g/mol. The van der Waals surface area contributed by atoms with Crippen molar-refractivity contribution in [2.24, 2.45) is 5.73 Å². The number of hydrogen-bond donors (Lipinski definition) is 3. The summed E-state index contributed by atoms with van der Waals surface area (Å²) in [7, 11) is 0. The Kier molecular flexibility index (Phi) is 3.08. The van der Waals surface area contributed by atoms with Crippen molar-refractivity contribution in [2.75, 3.05) is 18.9 Å². The molecule has 0 spiro atoms. The van der Waals surface area contributed by atoms with Gasteiger partial charge >= 0.3 is 0 Å². The topological polar surface area (TPSA) is 72.3 Å². The lowest BCUT2D eigenvalue weighted by Gasteiger charge is -2.11. The first-order valence-electron chi connectivity index (χ1n) is 3.94. The molecule has 1 unspecified atom stereocenters. The van der Waals surface area contributed by atoms with Crippen molar-refractivity contribution in [1.82, 2.24) is 0 Å². The van der Waals surface area contributed by atoms with Gasteiger partial charge in [-0.05, 0) is 17.7 Å². The smallest absolute Gasteiger partial charge is 0.0511 e. The Balaban J connectivity index is 2.80. The van der Waals surface area contributed by atoms with E-state index in [9.17, 15) is 0 Å². The van der Waals surface area contributed by atoms with Crippen LogP contribution in [0.2, 0.25) is 0 Å². The van der Waals surface area contributed by atoms with Crippen LogP contribution in [0.15, 0.2) is 24.3 Å². The molecule has 0 aliphatic heterocycles. The van der Waals surface area contributed by atoms with Gasteiger partial charge in [0.1, 0.15) is 0 Å². The van der Waals surface area contributed by atoms with Gasteiger partial charge in [-0.3, -0.25) is 0 Å². The predicted molar refractivity (Wildman–Crippen MR) is 49.7 cm³/mol. The van der Waals surface area contributed by atoms with Gasteiger partial charge in [-0.15, -0.1) is 0 Å². The van der Waals surface area contributed by atoms with E-state index >= 15 is 0 Å². The van der Waals surface area contributed by atoms with Crippen LogP contribution in [0.5, 0.6) is 0 Å². The molecule has 0 amide bonds. The molecule has 0 bridgehead atoms. The predicted octanol–water partition coefficient (Wildman–Crippen LogP) is 0.303. The van der Waals surface area contributed by atoms with Crippen molar-refractivity contribution in [2.45, 2.75) is 5.92 Å². The number of nitrogen functional groups attached to an aromatic ring is 1. The Hall–Kier alpha value is -1.06. The Morgan fingerprint density at radius 2 is 1.83 bits per heavy atom. The minimum Gasteiger partial charge on any atom is -0.399 e. The summed E-state index contributed by atoms with van der Waals surface area (Å²) in [5.74, 6) is 0.0330. The zero-order chi connectivity index (χ0) is 8.97. The second kappa shape index (κ2) is 4.09. The number of benzene rings is 1. The van der Waals surface area contributed by atoms with Crippen LogP contribution < -0.4 is 11.5 Å². The number of hydrogen-bond acceptors (Lipinski definition) is 3. The van der Waals surface area contributed by atoms with Gasteiger partial charge in [-0.25, -0.2) is 0 Å². The second-order valence-electron chi connectivity index (χ2n) is 2.78. The summed E-state index contributed by atoms with van der Waals surface area (Å²) in [5, 5.41) is 8.94. The lowest BCUT2D eigenvalue weighted by atomic mass is 10.0.